The largest absolute Gasteiger partial charge is 0.487 e. The van der Waals surface area contributed by atoms with Crippen molar-refractivity contribution >= 4 is 10.9 Å². The summed E-state index contributed by atoms with van der Waals surface area (Å²) in [6.45, 7) is 2.79. The summed E-state index contributed by atoms with van der Waals surface area (Å²) in [5, 5.41) is 1.15. The maximum absolute atomic E-state index is 6.05. The molecule has 0 saturated heterocycles. The third-order valence-electron chi connectivity index (χ3n) is 5.88. The number of benzene rings is 2. The van der Waals surface area contributed by atoms with Gasteiger partial charge in [-0.2, -0.15) is 0 Å². The van der Waals surface area contributed by atoms with Crippen LogP contribution in [0.5, 0.6) is 5.75 Å². The Morgan fingerprint density at radius 1 is 1.04 bits per heavy atom. The number of rotatable bonds is 6. The first-order valence-corrected chi connectivity index (χ1v) is 9.85. The summed E-state index contributed by atoms with van der Waals surface area (Å²) in [6, 6.07) is 20.8. The normalized spacial score (nSPS) is 20.7. The SMILES string of the molecule is COC1CCCC1C(C)c1cccc(OCc2ccc3ccccc3n2)c1. The van der Waals surface area contributed by atoms with E-state index in [4.69, 9.17) is 14.5 Å². The smallest absolute Gasteiger partial charge is 0.130 e. The van der Waals surface area contributed by atoms with Crippen LogP contribution >= 0.6 is 0 Å². The number of fused-ring (bicyclic) bond motifs is 1. The molecule has 3 unspecified atom stereocenters. The molecule has 0 radical (unpaired) electrons. The van der Waals surface area contributed by atoms with E-state index < -0.39 is 0 Å². The fourth-order valence-electron chi connectivity index (χ4n) is 4.30. The second-order valence-corrected chi connectivity index (χ2v) is 7.51. The molecule has 3 heteroatoms. The monoisotopic (exact) mass is 361 g/mol. The lowest BCUT2D eigenvalue weighted by atomic mass is 9.85. The third kappa shape index (κ3) is 3.98. The van der Waals surface area contributed by atoms with E-state index in [2.05, 4.69) is 37.3 Å². The number of hydrogen-bond donors (Lipinski definition) is 0. The zero-order valence-electron chi connectivity index (χ0n) is 16.1. The molecule has 1 aliphatic rings. The fraction of sp³-hybridized carbons (Fsp3) is 0.375. The van der Waals surface area contributed by atoms with E-state index in [-0.39, 0.29) is 0 Å². The lowest BCUT2D eigenvalue weighted by Gasteiger charge is -2.25. The number of pyridine rings is 1. The number of aromatic nitrogens is 1. The van der Waals surface area contributed by atoms with Crippen molar-refractivity contribution < 1.29 is 9.47 Å². The van der Waals surface area contributed by atoms with E-state index >= 15 is 0 Å². The Balaban J connectivity index is 1.45. The summed E-state index contributed by atoms with van der Waals surface area (Å²) >= 11 is 0. The Labute approximate surface area is 161 Å². The summed E-state index contributed by atoms with van der Waals surface area (Å²) in [5.41, 5.74) is 3.28. The van der Waals surface area contributed by atoms with E-state index in [1.165, 1.54) is 24.8 Å². The molecular weight excluding hydrogens is 334 g/mol. The predicted octanol–water partition coefficient (Wildman–Crippen LogP) is 5.73. The molecule has 1 aliphatic carbocycles. The highest BCUT2D eigenvalue weighted by Gasteiger charge is 2.32. The summed E-state index contributed by atoms with van der Waals surface area (Å²) in [6.07, 6.45) is 4.06. The van der Waals surface area contributed by atoms with Crippen LogP contribution in [-0.2, 0) is 11.3 Å². The van der Waals surface area contributed by atoms with Crippen molar-refractivity contribution in [3.8, 4) is 5.75 Å². The number of ether oxygens (including phenoxy) is 2. The van der Waals surface area contributed by atoms with E-state index in [1.807, 2.05) is 37.4 Å². The number of hydrogen-bond acceptors (Lipinski definition) is 3. The molecule has 0 aliphatic heterocycles. The molecule has 0 spiro atoms. The van der Waals surface area contributed by atoms with Crippen molar-refractivity contribution in [3.63, 3.8) is 0 Å². The van der Waals surface area contributed by atoms with Gasteiger partial charge in [0, 0.05) is 12.5 Å². The Bertz CT molecular complexity index is 908. The predicted molar refractivity (Wildman–Crippen MR) is 109 cm³/mol. The van der Waals surface area contributed by atoms with Crippen LogP contribution in [0, 0.1) is 5.92 Å². The van der Waals surface area contributed by atoms with Crippen LogP contribution in [0.4, 0.5) is 0 Å². The quantitative estimate of drug-likeness (QED) is 0.561. The van der Waals surface area contributed by atoms with E-state index in [0.717, 1.165) is 22.3 Å². The minimum absolute atomic E-state index is 0.381. The Hall–Kier alpha value is -2.39. The molecule has 3 nitrogen and oxygen atoms in total. The highest BCUT2D eigenvalue weighted by Crippen LogP contribution is 2.39. The highest BCUT2D eigenvalue weighted by molar-refractivity contribution is 5.78. The van der Waals surface area contributed by atoms with Crippen molar-refractivity contribution in [2.45, 2.75) is 44.8 Å². The summed E-state index contributed by atoms with van der Waals surface area (Å²) < 4.78 is 11.8. The lowest BCUT2D eigenvalue weighted by molar-refractivity contribution is 0.0629. The van der Waals surface area contributed by atoms with Gasteiger partial charge in [-0.3, -0.25) is 0 Å². The van der Waals surface area contributed by atoms with Gasteiger partial charge >= 0.3 is 0 Å². The number of methoxy groups -OCH3 is 1. The topological polar surface area (TPSA) is 31.4 Å². The molecule has 4 rings (SSSR count). The summed E-state index contributed by atoms with van der Waals surface area (Å²) in [5.74, 6) is 1.97. The first-order valence-electron chi connectivity index (χ1n) is 9.85. The molecule has 1 saturated carbocycles. The zero-order chi connectivity index (χ0) is 18.6. The second kappa shape index (κ2) is 8.10. The Morgan fingerprint density at radius 3 is 2.81 bits per heavy atom. The van der Waals surface area contributed by atoms with Crippen LogP contribution in [0.2, 0.25) is 0 Å². The van der Waals surface area contributed by atoms with Crippen LogP contribution in [0.15, 0.2) is 60.7 Å². The molecule has 1 heterocycles. The van der Waals surface area contributed by atoms with E-state index in [0.29, 0.717) is 24.5 Å². The molecule has 0 bridgehead atoms. The average Bonchev–Trinajstić information content (AvgIpc) is 3.20. The number of para-hydroxylation sites is 1. The van der Waals surface area contributed by atoms with Crippen molar-refractivity contribution in [2.24, 2.45) is 5.92 Å². The van der Waals surface area contributed by atoms with Crippen molar-refractivity contribution in [3.05, 3.63) is 71.9 Å². The van der Waals surface area contributed by atoms with Crippen LogP contribution in [0.1, 0.15) is 43.4 Å². The van der Waals surface area contributed by atoms with Gasteiger partial charge in [0.2, 0.25) is 0 Å². The molecule has 1 fully saturated rings. The molecule has 0 amide bonds. The van der Waals surface area contributed by atoms with Gasteiger partial charge in [-0.05, 0) is 54.5 Å². The molecule has 140 valence electrons. The average molecular weight is 361 g/mol. The lowest BCUT2D eigenvalue weighted by Crippen LogP contribution is -2.21. The first-order chi connectivity index (χ1) is 13.2. The summed E-state index contributed by atoms with van der Waals surface area (Å²) in [7, 11) is 1.84. The van der Waals surface area contributed by atoms with Crippen LogP contribution in [0.25, 0.3) is 10.9 Å². The van der Waals surface area contributed by atoms with Crippen molar-refractivity contribution in [1.29, 1.82) is 0 Å². The van der Waals surface area contributed by atoms with Crippen LogP contribution in [0.3, 0.4) is 0 Å². The van der Waals surface area contributed by atoms with Crippen LogP contribution < -0.4 is 4.74 Å². The van der Waals surface area contributed by atoms with E-state index in [9.17, 15) is 0 Å². The number of nitrogens with zero attached hydrogens (tertiary/aromatic N) is 1. The first kappa shape index (κ1) is 18.0. The molecule has 27 heavy (non-hydrogen) atoms. The maximum atomic E-state index is 6.05. The Kier molecular flexibility index (Phi) is 5.40. The minimum atomic E-state index is 0.381. The minimum Gasteiger partial charge on any atom is -0.487 e. The van der Waals surface area contributed by atoms with Gasteiger partial charge in [0.25, 0.3) is 0 Å². The second-order valence-electron chi connectivity index (χ2n) is 7.51. The van der Waals surface area contributed by atoms with Gasteiger partial charge in [-0.25, -0.2) is 4.98 Å². The highest BCUT2D eigenvalue weighted by atomic mass is 16.5. The van der Waals surface area contributed by atoms with Gasteiger partial charge in [0.15, 0.2) is 0 Å². The van der Waals surface area contributed by atoms with E-state index in [1.54, 1.807) is 0 Å². The maximum Gasteiger partial charge on any atom is 0.130 e. The Morgan fingerprint density at radius 2 is 1.93 bits per heavy atom. The molecule has 3 aromatic rings. The van der Waals surface area contributed by atoms with Crippen LogP contribution in [-0.4, -0.2) is 18.2 Å². The molecule has 2 aromatic carbocycles. The van der Waals surface area contributed by atoms with Crippen molar-refractivity contribution in [1.82, 2.24) is 4.98 Å². The van der Waals surface area contributed by atoms with Gasteiger partial charge in [0.1, 0.15) is 12.4 Å². The van der Waals surface area contributed by atoms with Gasteiger partial charge in [0.05, 0.1) is 17.3 Å². The van der Waals surface area contributed by atoms with Gasteiger partial charge in [-0.15, -0.1) is 0 Å². The third-order valence-corrected chi connectivity index (χ3v) is 5.88. The molecule has 3 atom stereocenters. The van der Waals surface area contributed by atoms with Gasteiger partial charge < -0.3 is 9.47 Å². The summed E-state index contributed by atoms with van der Waals surface area (Å²) in [4.78, 5) is 4.69. The molecular formula is C24H27NO2. The zero-order valence-corrected chi connectivity index (χ0v) is 16.1. The molecule has 1 aromatic heterocycles. The standard InChI is InChI=1S/C24H27NO2/c1-17(22-10-6-12-24(22)26-2)19-8-5-9-21(15-19)27-16-20-14-13-18-7-3-4-11-23(18)25-20/h3-5,7-9,11,13-15,17,22,24H,6,10,12,16H2,1-2H3. The van der Waals surface area contributed by atoms with Gasteiger partial charge in [-0.1, -0.05) is 49.7 Å². The van der Waals surface area contributed by atoms with Crippen molar-refractivity contribution in [2.75, 3.05) is 7.11 Å². The molecule has 0 N–H and O–H groups in total. The fourth-order valence-corrected chi connectivity index (χ4v) is 4.30.